The Kier molecular flexibility index (Phi) is 33.8. The monoisotopic (exact) mass is 757 g/mol. The molecule has 0 aromatic rings. The number of allylic oxidation sites excluding steroid dienone is 5. The summed E-state index contributed by atoms with van der Waals surface area (Å²) in [5.74, 6) is -0.191. The minimum Gasteiger partial charge on any atom is -0.498 e. The molecule has 52 heavy (non-hydrogen) atoms. The number of phosphoric acid groups is 1. The number of rotatable bonds is 38. The molecule has 9 nitrogen and oxygen atoms in total. The Bertz CT molecular complexity index is 991. The van der Waals surface area contributed by atoms with E-state index < -0.39 is 13.9 Å². The molecule has 0 rings (SSSR count). The minimum atomic E-state index is -4.31. The van der Waals surface area contributed by atoms with Crippen LogP contribution in [0.4, 0.5) is 0 Å². The molecule has 0 aromatic heterocycles. The zero-order valence-corrected chi connectivity index (χ0v) is 34.9. The molecule has 0 aliphatic rings. The van der Waals surface area contributed by atoms with Crippen LogP contribution in [0.1, 0.15) is 168 Å². The van der Waals surface area contributed by atoms with Crippen molar-refractivity contribution in [2.24, 2.45) is 0 Å². The lowest BCUT2D eigenvalue weighted by Gasteiger charge is -2.24. The number of likely N-dealkylation sites (N-methyl/N-ethyl adjacent to an activating group) is 1. The second kappa shape index (κ2) is 35.0. The quantitative estimate of drug-likeness (QED) is 0.0126. The van der Waals surface area contributed by atoms with E-state index in [1.165, 1.54) is 70.6 Å². The highest BCUT2D eigenvalue weighted by molar-refractivity contribution is 7.47. The van der Waals surface area contributed by atoms with Crippen molar-refractivity contribution in [1.82, 2.24) is 0 Å². The average molecular weight is 757 g/mol. The summed E-state index contributed by atoms with van der Waals surface area (Å²) in [4.78, 5) is 34.5. The van der Waals surface area contributed by atoms with Gasteiger partial charge in [0.15, 0.2) is 11.9 Å². The third-order valence-corrected chi connectivity index (χ3v) is 9.73. The lowest BCUT2D eigenvalue weighted by atomic mass is 10.0. The first-order valence-corrected chi connectivity index (χ1v) is 22.2. The average Bonchev–Trinajstić information content (AvgIpc) is 3.08. The van der Waals surface area contributed by atoms with E-state index >= 15 is 0 Å². The van der Waals surface area contributed by atoms with Gasteiger partial charge in [0.1, 0.15) is 19.8 Å². The van der Waals surface area contributed by atoms with Gasteiger partial charge in [-0.15, -0.1) is 0 Å². The Morgan fingerprint density at radius 1 is 0.654 bits per heavy atom. The molecular weight excluding hydrogens is 677 g/mol. The molecule has 0 saturated carbocycles. The first-order valence-electron chi connectivity index (χ1n) is 20.7. The smallest absolute Gasteiger partial charge is 0.472 e. The van der Waals surface area contributed by atoms with Crippen LogP contribution >= 0.6 is 7.82 Å². The van der Waals surface area contributed by atoms with Crippen molar-refractivity contribution < 1.29 is 42.1 Å². The highest BCUT2D eigenvalue weighted by Crippen LogP contribution is 2.43. The van der Waals surface area contributed by atoms with Crippen LogP contribution in [0.5, 0.6) is 0 Å². The number of hydrogen-bond acceptors (Lipinski definition) is 7. The first-order chi connectivity index (χ1) is 25.0. The summed E-state index contributed by atoms with van der Waals surface area (Å²) in [6.07, 6.45) is 36.7. The molecular formula is C42H79NO8P+. The summed E-state index contributed by atoms with van der Waals surface area (Å²) in [5, 5.41) is 0. The van der Waals surface area contributed by atoms with Gasteiger partial charge in [-0.25, -0.2) is 4.57 Å². The second-order valence-electron chi connectivity index (χ2n) is 15.1. The van der Waals surface area contributed by atoms with Gasteiger partial charge in [0.2, 0.25) is 0 Å². The largest absolute Gasteiger partial charge is 0.498 e. The van der Waals surface area contributed by atoms with E-state index in [2.05, 4.69) is 19.9 Å². The van der Waals surface area contributed by atoms with Gasteiger partial charge >= 0.3 is 13.8 Å². The topological polar surface area (TPSA) is 108 Å². The van der Waals surface area contributed by atoms with Crippen molar-refractivity contribution in [1.29, 1.82) is 0 Å². The van der Waals surface area contributed by atoms with E-state index in [0.29, 0.717) is 23.9 Å². The Hall–Kier alpha value is -1.77. The lowest BCUT2D eigenvalue weighted by Crippen LogP contribution is -2.37. The first kappa shape index (κ1) is 50.2. The Balaban J connectivity index is 4.40. The van der Waals surface area contributed by atoms with Crippen LogP contribution in [-0.2, 0) is 32.7 Å². The molecule has 0 aromatic carbocycles. The number of carbonyl (C=O) groups excluding carboxylic acids is 2. The minimum absolute atomic E-state index is 0.0231. The van der Waals surface area contributed by atoms with Gasteiger partial charge in [-0.2, -0.15) is 0 Å². The van der Waals surface area contributed by atoms with Crippen LogP contribution in [0.2, 0.25) is 0 Å². The van der Waals surface area contributed by atoms with Crippen LogP contribution in [0.15, 0.2) is 36.6 Å². The van der Waals surface area contributed by atoms with E-state index in [-0.39, 0.29) is 38.0 Å². The molecule has 10 heteroatoms. The molecule has 0 saturated heterocycles. The van der Waals surface area contributed by atoms with Crippen molar-refractivity contribution in [2.45, 2.75) is 174 Å². The lowest BCUT2D eigenvalue weighted by molar-refractivity contribution is -0.870. The number of ether oxygens (including phenoxy) is 2. The molecule has 0 bridgehead atoms. The molecule has 1 N–H and O–H groups in total. The normalized spacial score (nSPS) is 14.0. The van der Waals surface area contributed by atoms with E-state index in [9.17, 15) is 19.0 Å². The molecule has 0 spiro atoms. The van der Waals surface area contributed by atoms with E-state index in [4.69, 9.17) is 18.5 Å². The molecule has 304 valence electrons. The van der Waals surface area contributed by atoms with Crippen LogP contribution in [0.25, 0.3) is 0 Å². The predicted octanol–water partition coefficient (Wildman–Crippen LogP) is 11.4. The molecule has 0 aliphatic carbocycles. The fraction of sp³-hybridized carbons (Fsp3) is 0.810. The SMILES string of the molecule is CCCCCCCCCCCCCC/C=C/OC[C@H](COP(=O)(O)OCC[N+](C)(C)C)OC(=O)CCCCCCC/C=C\C=C\C(=O)CCCCC. The molecule has 2 atom stereocenters. The molecule has 0 aliphatic heterocycles. The zero-order valence-electron chi connectivity index (χ0n) is 34.0. The third kappa shape index (κ3) is 38.0. The number of phosphoric ester groups is 1. The second-order valence-corrected chi connectivity index (χ2v) is 16.6. The van der Waals surface area contributed by atoms with Gasteiger partial charge in [0.05, 0.1) is 34.0 Å². The summed E-state index contributed by atoms with van der Waals surface area (Å²) < 4.78 is 34.6. The van der Waals surface area contributed by atoms with Gasteiger partial charge < -0.3 is 18.9 Å². The van der Waals surface area contributed by atoms with Gasteiger partial charge in [0, 0.05) is 12.8 Å². The van der Waals surface area contributed by atoms with Crippen molar-refractivity contribution >= 4 is 19.6 Å². The standard InChI is InChI=1S/C42H78NO8P/c1-6-8-10-11-12-13-14-15-16-17-21-24-27-31-36-48-38-41(39-50-52(46,47)49-37-35-43(3,4)5)51-42(45)34-30-26-23-20-18-19-22-25-29-33-40(44)32-28-9-7-2/h22,25,29,31,33,36,41H,6-21,23-24,26-28,30,32,34-35,37-39H2,1-5H3/p+1/b25-22-,33-29+,36-31+/t41-/m1/s1. The Morgan fingerprint density at radius 2 is 1.17 bits per heavy atom. The highest BCUT2D eigenvalue weighted by Gasteiger charge is 2.26. The maximum absolute atomic E-state index is 12.6. The Labute approximate surface area is 319 Å². The molecule has 0 amide bonds. The number of unbranched alkanes of at least 4 members (excludes halogenated alkanes) is 19. The number of nitrogens with zero attached hydrogens (tertiary/aromatic N) is 1. The van der Waals surface area contributed by atoms with E-state index in [0.717, 1.165) is 64.2 Å². The molecule has 0 fully saturated rings. The van der Waals surface area contributed by atoms with Crippen LogP contribution < -0.4 is 0 Å². The number of quaternary nitrogens is 1. The van der Waals surface area contributed by atoms with Crippen LogP contribution in [-0.4, -0.2) is 74.7 Å². The molecule has 1 unspecified atom stereocenters. The van der Waals surface area contributed by atoms with Crippen molar-refractivity contribution in [3.05, 3.63) is 36.6 Å². The fourth-order valence-corrected chi connectivity index (χ4v) is 6.18. The summed E-state index contributed by atoms with van der Waals surface area (Å²) in [6.45, 7) is 4.71. The van der Waals surface area contributed by atoms with Crippen molar-refractivity contribution in [3.8, 4) is 0 Å². The van der Waals surface area contributed by atoms with Crippen molar-refractivity contribution in [3.63, 3.8) is 0 Å². The summed E-state index contributed by atoms with van der Waals surface area (Å²) >= 11 is 0. The highest BCUT2D eigenvalue weighted by atomic mass is 31.2. The molecule has 0 radical (unpaired) electrons. The van der Waals surface area contributed by atoms with Gasteiger partial charge in [-0.05, 0) is 50.7 Å². The van der Waals surface area contributed by atoms with Crippen LogP contribution in [0, 0.1) is 0 Å². The van der Waals surface area contributed by atoms with Crippen molar-refractivity contribution in [2.75, 3.05) is 47.5 Å². The van der Waals surface area contributed by atoms with Gasteiger partial charge in [-0.1, -0.05) is 135 Å². The number of carbonyl (C=O) groups is 2. The van der Waals surface area contributed by atoms with Gasteiger partial charge in [-0.3, -0.25) is 18.6 Å². The maximum atomic E-state index is 12.6. The summed E-state index contributed by atoms with van der Waals surface area (Å²) in [7, 11) is 1.58. The number of ketones is 1. The maximum Gasteiger partial charge on any atom is 0.472 e. The van der Waals surface area contributed by atoms with Crippen LogP contribution in [0.3, 0.4) is 0 Å². The Morgan fingerprint density at radius 3 is 1.77 bits per heavy atom. The zero-order chi connectivity index (χ0) is 38.6. The predicted molar refractivity (Wildman–Crippen MR) is 215 cm³/mol. The molecule has 0 heterocycles. The number of hydrogen-bond donors (Lipinski definition) is 1. The summed E-state index contributed by atoms with van der Waals surface area (Å²) in [6, 6.07) is 0. The van der Waals surface area contributed by atoms with E-state index in [1.54, 1.807) is 12.3 Å². The van der Waals surface area contributed by atoms with E-state index in [1.807, 2.05) is 39.4 Å². The fourth-order valence-electron chi connectivity index (χ4n) is 5.44. The summed E-state index contributed by atoms with van der Waals surface area (Å²) in [5.41, 5.74) is 0. The van der Waals surface area contributed by atoms with Gasteiger partial charge in [0.25, 0.3) is 0 Å². The third-order valence-electron chi connectivity index (χ3n) is 8.74. The number of esters is 1.